The van der Waals surface area contributed by atoms with Gasteiger partial charge < -0.3 is 5.11 Å². The minimum Gasteiger partial charge on any atom is -0.382 e. The van der Waals surface area contributed by atoms with Crippen molar-refractivity contribution in [2.45, 2.75) is 18.4 Å². The minimum absolute atomic E-state index is 0.313. The molecule has 1 aromatic carbocycles. The normalized spacial score (nSPS) is 19.9. The maximum atomic E-state index is 13.8. The number of aliphatic hydroxyl groups excluding tert-OH is 1. The molecule has 1 aliphatic carbocycles. The molecule has 1 atom stereocenters. The Morgan fingerprint density at radius 1 is 1.19 bits per heavy atom. The quantitative estimate of drug-likeness (QED) is 0.745. The lowest BCUT2D eigenvalue weighted by Gasteiger charge is -2.15. The van der Waals surface area contributed by atoms with Crippen LogP contribution in [-0.4, -0.2) is 20.4 Å². The van der Waals surface area contributed by atoms with Crippen molar-refractivity contribution in [2.24, 2.45) is 0 Å². The van der Waals surface area contributed by atoms with Crippen LogP contribution in [0.5, 0.6) is 0 Å². The average Bonchev–Trinajstić information content (AvgIpc) is 2.98. The highest BCUT2D eigenvalue weighted by Gasteiger charge is 2.47. The van der Waals surface area contributed by atoms with Crippen LogP contribution < -0.4 is 0 Å². The van der Waals surface area contributed by atoms with Crippen molar-refractivity contribution in [1.29, 1.82) is 0 Å². The molecule has 0 aliphatic heterocycles. The minimum atomic E-state index is -3.11. The number of hydrogen-bond donors (Lipinski definition) is 1. The number of halogens is 2. The molecule has 0 bridgehead atoms. The van der Waals surface area contributed by atoms with E-state index in [1.54, 1.807) is 24.4 Å². The van der Waals surface area contributed by atoms with Crippen LogP contribution in [-0.2, 0) is 6.42 Å². The lowest BCUT2D eigenvalue weighted by Crippen LogP contribution is -2.21. The van der Waals surface area contributed by atoms with Gasteiger partial charge in [0.2, 0.25) is 0 Å². The highest BCUT2D eigenvalue weighted by atomic mass is 19.3. The van der Waals surface area contributed by atoms with Crippen LogP contribution in [0.25, 0.3) is 16.9 Å². The standard InChI is InChI=1S/C16H12F2N2O/c17-16(18)8-10-4-3-5-11(14(10)15(16)21)12-9-19-13-6-1-2-7-20(12)13/h1-7,9,15,21H,8H2. The summed E-state index contributed by atoms with van der Waals surface area (Å²) in [5, 5.41) is 9.98. The van der Waals surface area contributed by atoms with E-state index in [1.807, 2.05) is 28.8 Å². The van der Waals surface area contributed by atoms with Crippen molar-refractivity contribution in [3.63, 3.8) is 0 Å². The van der Waals surface area contributed by atoms with Crippen LogP contribution >= 0.6 is 0 Å². The fraction of sp³-hybridized carbons (Fsp3) is 0.188. The van der Waals surface area contributed by atoms with E-state index in [9.17, 15) is 13.9 Å². The number of alkyl halides is 2. The highest BCUT2D eigenvalue weighted by molar-refractivity contribution is 5.70. The third kappa shape index (κ3) is 1.70. The van der Waals surface area contributed by atoms with E-state index < -0.39 is 18.4 Å². The van der Waals surface area contributed by atoms with Gasteiger partial charge in [0.25, 0.3) is 5.92 Å². The molecule has 1 N–H and O–H groups in total. The fourth-order valence-electron chi connectivity index (χ4n) is 3.01. The third-order valence-corrected chi connectivity index (χ3v) is 3.99. The first-order chi connectivity index (χ1) is 10.1. The van der Waals surface area contributed by atoms with E-state index in [0.717, 1.165) is 5.65 Å². The van der Waals surface area contributed by atoms with Gasteiger partial charge in [0.1, 0.15) is 11.8 Å². The molecule has 0 radical (unpaired) electrons. The summed E-state index contributed by atoms with van der Waals surface area (Å²) in [6, 6.07) is 10.7. The van der Waals surface area contributed by atoms with E-state index in [-0.39, 0.29) is 0 Å². The summed E-state index contributed by atoms with van der Waals surface area (Å²) in [7, 11) is 0. The van der Waals surface area contributed by atoms with Crippen LogP contribution in [0.15, 0.2) is 48.8 Å². The van der Waals surface area contributed by atoms with Gasteiger partial charge in [-0.25, -0.2) is 13.8 Å². The van der Waals surface area contributed by atoms with Crippen molar-refractivity contribution in [3.05, 3.63) is 59.9 Å². The Hall–Kier alpha value is -2.27. The molecule has 0 saturated carbocycles. The van der Waals surface area contributed by atoms with Crippen molar-refractivity contribution in [2.75, 3.05) is 0 Å². The predicted octanol–water partition coefficient (Wildman–Crippen LogP) is 3.23. The van der Waals surface area contributed by atoms with Gasteiger partial charge in [0.05, 0.1) is 11.9 Å². The van der Waals surface area contributed by atoms with Gasteiger partial charge in [-0.3, -0.25) is 4.40 Å². The number of fused-ring (bicyclic) bond motifs is 2. The summed E-state index contributed by atoms with van der Waals surface area (Å²) in [6.45, 7) is 0. The van der Waals surface area contributed by atoms with E-state index in [1.165, 1.54) is 0 Å². The van der Waals surface area contributed by atoms with Crippen molar-refractivity contribution in [1.82, 2.24) is 9.38 Å². The zero-order chi connectivity index (χ0) is 14.6. The second-order valence-corrected chi connectivity index (χ2v) is 5.29. The largest absolute Gasteiger partial charge is 0.382 e. The van der Waals surface area contributed by atoms with Gasteiger partial charge in [0.15, 0.2) is 0 Å². The number of pyridine rings is 1. The number of nitrogens with zero attached hydrogens (tertiary/aromatic N) is 2. The Bertz CT molecular complexity index is 841. The molecule has 2 aromatic heterocycles. The monoisotopic (exact) mass is 286 g/mol. The molecule has 0 saturated heterocycles. The van der Waals surface area contributed by atoms with E-state index in [2.05, 4.69) is 4.98 Å². The van der Waals surface area contributed by atoms with Crippen molar-refractivity contribution in [3.8, 4) is 11.3 Å². The summed E-state index contributed by atoms with van der Waals surface area (Å²) >= 11 is 0. The summed E-state index contributed by atoms with van der Waals surface area (Å²) < 4.78 is 29.4. The smallest absolute Gasteiger partial charge is 0.281 e. The number of imidazole rings is 1. The molecule has 3 aromatic rings. The van der Waals surface area contributed by atoms with Gasteiger partial charge in [-0.05, 0) is 23.3 Å². The van der Waals surface area contributed by atoms with Gasteiger partial charge in [0, 0.05) is 18.2 Å². The molecule has 4 rings (SSSR count). The summed E-state index contributed by atoms with van der Waals surface area (Å²) in [5.74, 6) is -3.11. The molecular weight excluding hydrogens is 274 g/mol. The molecule has 106 valence electrons. The number of aromatic nitrogens is 2. The van der Waals surface area contributed by atoms with Crippen molar-refractivity contribution < 1.29 is 13.9 Å². The Kier molecular flexibility index (Phi) is 2.44. The van der Waals surface area contributed by atoms with Crippen LogP contribution in [0.3, 0.4) is 0 Å². The molecule has 21 heavy (non-hydrogen) atoms. The molecule has 5 heteroatoms. The van der Waals surface area contributed by atoms with E-state index in [0.29, 0.717) is 22.4 Å². The number of benzene rings is 1. The van der Waals surface area contributed by atoms with Gasteiger partial charge in [-0.15, -0.1) is 0 Å². The summed E-state index contributed by atoms with van der Waals surface area (Å²) in [6.07, 6.45) is 1.29. The number of hydrogen-bond acceptors (Lipinski definition) is 2. The van der Waals surface area contributed by atoms with Crippen LogP contribution in [0.2, 0.25) is 0 Å². The molecule has 1 aliphatic rings. The Labute approximate surface area is 119 Å². The van der Waals surface area contributed by atoms with Crippen LogP contribution in [0, 0.1) is 0 Å². The first-order valence-electron chi connectivity index (χ1n) is 6.68. The van der Waals surface area contributed by atoms with Crippen molar-refractivity contribution >= 4 is 5.65 Å². The molecule has 1 unspecified atom stereocenters. The molecule has 2 heterocycles. The number of aliphatic hydroxyl groups is 1. The Morgan fingerprint density at radius 3 is 2.90 bits per heavy atom. The van der Waals surface area contributed by atoms with E-state index >= 15 is 0 Å². The zero-order valence-electron chi connectivity index (χ0n) is 11.0. The molecule has 3 nitrogen and oxygen atoms in total. The molecule has 0 fully saturated rings. The summed E-state index contributed by atoms with van der Waals surface area (Å²) in [4.78, 5) is 4.28. The first kappa shape index (κ1) is 12.5. The Morgan fingerprint density at radius 2 is 2.05 bits per heavy atom. The van der Waals surface area contributed by atoms with Crippen LogP contribution in [0.4, 0.5) is 8.78 Å². The lowest BCUT2D eigenvalue weighted by molar-refractivity contribution is -0.0966. The summed E-state index contributed by atoms with van der Waals surface area (Å²) in [5.41, 5.74) is 2.86. The fourth-order valence-corrected chi connectivity index (χ4v) is 3.01. The zero-order valence-corrected chi connectivity index (χ0v) is 11.0. The maximum Gasteiger partial charge on any atom is 0.281 e. The SMILES string of the molecule is OC1c2c(cccc2-c2cnc3ccccn23)CC1(F)F. The average molecular weight is 286 g/mol. The lowest BCUT2D eigenvalue weighted by atomic mass is 10.00. The maximum absolute atomic E-state index is 13.8. The molecule has 0 amide bonds. The number of rotatable bonds is 1. The molecular formula is C16H12F2N2O. The topological polar surface area (TPSA) is 37.5 Å². The Balaban J connectivity index is 1.98. The van der Waals surface area contributed by atoms with Gasteiger partial charge >= 0.3 is 0 Å². The van der Waals surface area contributed by atoms with E-state index in [4.69, 9.17) is 0 Å². The second kappa shape index (κ2) is 4.11. The highest BCUT2D eigenvalue weighted by Crippen LogP contribution is 2.46. The molecule has 0 spiro atoms. The van der Waals surface area contributed by atoms with Crippen LogP contribution in [0.1, 0.15) is 17.2 Å². The first-order valence-corrected chi connectivity index (χ1v) is 6.68. The van der Waals surface area contributed by atoms with Gasteiger partial charge in [-0.2, -0.15) is 0 Å². The predicted molar refractivity (Wildman–Crippen MR) is 74.2 cm³/mol. The third-order valence-electron chi connectivity index (χ3n) is 3.99. The van der Waals surface area contributed by atoms with Gasteiger partial charge in [-0.1, -0.05) is 24.3 Å². The second-order valence-electron chi connectivity index (χ2n) is 5.29.